The van der Waals surface area contributed by atoms with E-state index in [1.165, 1.54) is 9.13 Å². The Hall–Kier alpha value is -1.10. The molecule has 0 aliphatic rings. The minimum absolute atomic E-state index is 0.0162. The van der Waals surface area contributed by atoms with Crippen molar-refractivity contribution in [2.24, 2.45) is 0 Å². The van der Waals surface area contributed by atoms with Gasteiger partial charge in [0.2, 0.25) is 0 Å². The Morgan fingerprint density at radius 1 is 1.54 bits per heavy atom. The largest absolute Gasteiger partial charge is 0.389 e. The molecule has 1 aromatic rings. The molecule has 0 aliphatic carbocycles. The molecule has 1 aromatic heterocycles. The lowest BCUT2D eigenvalue weighted by Gasteiger charge is -2.05. The van der Waals surface area contributed by atoms with Crippen molar-refractivity contribution in [1.82, 2.24) is 9.13 Å². The number of aryl methyl sites for hydroxylation is 1. The Labute approximate surface area is 75.2 Å². The molecule has 74 valence electrons. The van der Waals surface area contributed by atoms with Gasteiger partial charge >= 0.3 is 5.69 Å². The summed E-state index contributed by atoms with van der Waals surface area (Å²) >= 11 is 0. The van der Waals surface area contributed by atoms with Crippen LogP contribution in [0.5, 0.6) is 0 Å². The van der Waals surface area contributed by atoms with Gasteiger partial charge in [-0.05, 0) is 6.92 Å². The average molecular weight is 188 g/mol. The molecule has 0 amide bonds. The van der Waals surface area contributed by atoms with Crippen molar-refractivity contribution in [2.45, 2.75) is 26.1 Å². The van der Waals surface area contributed by atoms with Gasteiger partial charge in [-0.15, -0.1) is 0 Å². The summed E-state index contributed by atoms with van der Waals surface area (Å²) in [6, 6.07) is 0. The summed E-state index contributed by atoms with van der Waals surface area (Å²) in [5.74, 6) is 0. The highest BCUT2D eigenvalue weighted by molar-refractivity contribution is 4.81. The molecule has 0 radical (unpaired) electrons. The van der Waals surface area contributed by atoms with E-state index >= 15 is 0 Å². The van der Waals surface area contributed by atoms with Crippen LogP contribution < -0.4 is 5.69 Å². The van der Waals surface area contributed by atoms with Crippen molar-refractivity contribution in [1.29, 1.82) is 0 Å². The standard InChI is InChI=1S/C8H13FN2O2/c1-2-10-3-4-11(8(10)13)6-7(12)5-9/h3-4,7,12H,2,5-6H2,1H3. The highest BCUT2D eigenvalue weighted by Gasteiger charge is 2.07. The molecule has 5 heteroatoms. The van der Waals surface area contributed by atoms with Gasteiger partial charge in [-0.2, -0.15) is 0 Å². The first-order valence-electron chi connectivity index (χ1n) is 4.18. The Morgan fingerprint density at radius 3 is 2.62 bits per heavy atom. The maximum absolute atomic E-state index is 11.9. The summed E-state index contributed by atoms with van der Waals surface area (Å²) < 4.78 is 14.7. The van der Waals surface area contributed by atoms with Gasteiger partial charge in [-0.3, -0.25) is 9.13 Å². The summed E-state index contributed by atoms with van der Waals surface area (Å²) in [4.78, 5) is 11.3. The van der Waals surface area contributed by atoms with Crippen molar-refractivity contribution in [3.63, 3.8) is 0 Å². The number of aliphatic hydroxyl groups is 1. The first kappa shape index (κ1) is 9.98. The van der Waals surface area contributed by atoms with Crippen molar-refractivity contribution >= 4 is 0 Å². The Kier molecular flexibility index (Phi) is 3.25. The molecule has 0 saturated carbocycles. The quantitative estimate of drug-likeness (QED) is 0.723. The fourth-order valence-corrected chi connectivity index (χ4v) is 1.11. The number of aromatic nitrogens is 2. The molecular weight excluding hydrogens is 175 g/mol. The molecule has 1 N–H and O–H groups in total. The number of nitrogens with zero attached hydrogens (tertiary/aromatic N) is 2. The molecule has 0 aromatic carbocycles. The molecular formula is C8H13FN2O2. The predicted octanol–water partition coefficient (Wildman–Crippen LogP) is 0.000100. The number of hydrogen-bond donors (Lipinski definition) is 1. The van der Waals surface area contributed by atoms with Gasteiger partial charge in [0.1, 0.15) is 12.8 Å². The molecule has 13 heavy (non-hydrogen) atoms. The highest BCUT2D eigenvalue weighted by atomic mass is 19.1. The van der Waals surface area contributed by atoms with Gasteiger partial charge in [0.15, 0.2) is 0 Å². The van der Waals surface area contributed by atoms with Gasteiger partial charge in [-0.25, -0.2) is 9.18 Å². The fourth-order valence-electron chi connectivity index (χ4n) is 1.11. The Bertz CT molecular complexity index is 318. The molecule has 1 heterocycles. The number of hydrogen-bond acceptors (Lipinski definition) is 2. The van der Waals surface area contributed by atoms with Gasteiger partial charge in [0.25, 0.3) is 0 Å². The SMILES string of the molecule is CCn1ccn(CC(O)CF)c1=O. The minimum atomic E-state index is -1.09. The lowest BCUT2D eigenvalue weighted by molar-refractivity contribution is 0.121. The van der Waals surface area contributed by atoms with E-state index in [0.29, 0.717) is 6.54 Å². The van der Waals surface area contributed by atoms with Gasteiger partial charge < -0.3 is 5.11 Å². The fraction of sp³-hybridized carbons (Fsp3) is 0.625. The van der Waals surface area contributed by atoms with E-state index in [1.54, 1.807) is 12.4 Å². The third-order valence-electron chi connectivity index (χ3n) is 1.84. The Balaban J connectivity index is 2.78. The van der Waals surface area contributed by atoms with E-state index in [9.17, 15) is 9.18 Å². The second kappa shape index (κ2) is 4.23. The van der Waals surface area contributed by atoms with Crippen LogP contribution in [0.3, 0.4) is 0 Å². The van der Waals surface area contributed by atoms with Crippen molar-refractivity contribution in [3.8, 4) is 0 Å². The zero-order valence-corrected chi connectivity index (χ0v) is 7.48. The van der Waals surface area contributed by atoms with E-state index in [1.807, 2.05) is 6.92 Å². The summed E-state index contributed by atoms with van der Waals surface area (Å²) in [5, 5.41) is 8.97. The second-order valence-corrected chi connectivity index (χ2v) is 2.83. The van der Waals surface area contributed by atoms with Crippen molar-refractivity contribution < 1.29 is 9.50 Å². The summed E-state index contributed by atoms with van der Waals surface area (Å²) in [7, 11) is 0. The molecule has 0 spiro atoms. The van der Waals surface area contributed by atoms with E-state index in [4.69, 9.17) is 5.11 Å². The van der Waals surface area contributed by atoms with Crippen LogP contribution in [0.25, 0.3) is 0 Å². The highest BCUT2D eigenvalue weighted by Crippen LogP contribution is 1.91. The predicted molar refractivity (Wildman–Crippen MR) is 46.3 cm³/mol. The number of rotatable bonds is 4. The first-order valence-corrected chi connectivity index (χ1v) is 4.18. The van der Waals surface area contributed by atoms with Crippen LogP contribution >= 0.6 is 0 Å². The van der Waals surface area contributed by atoms with E-state index in [0.717, 1.165) is 0 Å². The van der Waals surface area contributed by atoms with E-state index in [2.05, 4.69) is 0 Å². The van der Waals surface area contributed by atoms with E-state index in [-0.39, 0.29) is 12.2 Å². The first-order chi connectivity index (χ1) is 6.19. The summed E-state index contributed by atoms with van der Waals surface area (Å²) in [6.45, 7) is 1.61. The average Bonchev–Trinajstić information content (AvgIpc) is 2.48. The number of halogens is 1. The topological polar surface area (TPSA) is 47.2 Å². The van der Waals surface area contributed by atoms with Crippen LogP contribution in [-0.2, 0) is 13.1 Å². The smallest absolute Gasteiger partial charge is 0.328 e. The molecule has 0 fully saturated rings. The molecule has 1 unspecified atom stereocenters. The van der Waals surface area contributed by atoms with Crippen LogP contribution in [0.15, 0.2) is 17.2 Å². The number of imidazole rings is 1. The van der Waals surface area contributed by atoms with Crippen LogP contribution in [-0.4, -0.2) is 27.0 Å². The molecule has 0 aliphatic heterocycles. The lowest BCUT2D eigenvalue weighted by Crippen LogP contribution is -2.28. The molecule has 1 atom stereocenters. The normalized spacial score (nSPS) is 13.2. The van der Waals surface area contributed by atoms with Crippen LogP contribution in [0, 0.1) is 0 Å². The molecule has 0 saturated heterocycles. The summed E-state index contributed by atoms with van der Waals surface area (Å²) in [5.41, 5.74) is -0.213. The van der Waals surface area contributed by atoms with Gasteiger partial charge in [0, 0.05) is 18.9 Å². The lowest BCUT2D eigenvalue weighted by atomic mass is 10.4. The van der Waals surface area contributed by atoms with Gasteiger partial charge in [-0.1, -0.05) is 0 Å². The van der Waals surface area contributed by atoms with Crippen molar-refractivity contribution in [2.75, 3.05) is 6.67 Å². The Morgan fingerprint density at radius 2 is 2.15 bits per heavy atom. The third kappa shape index (κ3) is 2.18. The summed E-state index contributed by atoms with van der Waals surface area (Å²) in [6.07, 6.45) is 2.07. The maximum Gasteiger partial charge on any atom is 0.328 e. The zero-order chi connectivity index (χ0) is 9.84. The molecule has 4 nitrogen and oxygen atoms in total. The number of aliphatic hydroxyl groups excluding tert-OH is 1. The number of alkyl halides is 1. The van der Waals surface area contributed by atoms with Gasteiger partial charge in [0.05, 0.1) is 6.54 Å². The van der Waals surface area contributed by atoms with Crippen molar-refractivity contribution in [3.05, 3.63) is 22.9 Å². The third-order valence-corrected chi connectivity index (χ3v) is 1.84. The van der Waals surface area contributed by atoms with Crippen LogP contribution in [0.1, 0.15) is 6.92 Å². The van der Waals surface area contributed by atoms with E-state index < -0.39 is 12.8 Å². The molecule has 1 rings (SSSR count). The zero-order valence-electron chi connectivity index (χ0n) is 7.48. The molecule has 0 bridgehead atoms. The minimum Gasteiger partial charge on any atom is -0.389 e. The van der Waals surface area contributed by atoms with Crippen LogP contribution in [0.2, 0.25) is 0 Å². The second-order valence-electron chi connectivity index (χ2n) is 2.83. The van der Waals surface area contributed by atoms with Crippen LogP contribution in [0.4, 0.5) is 4.39 Å². The maximum atomic E-state index is 11.9. The monoisotopic (exact) mass is 188 g/mol.